The van der Waals surface area contributed by atoms with Gasteiger partial charge in [-0.05, 0) is 96.0 Å². The van der Waals surface area contributed by atoms with Crippen LogP contribution < -0.4 is 0 Å². The standard InChI is InChI=1S/C43H26N/c1-2-12-27(13-3-1)42-33-16-4-6-18-35(33)43(36-19-7-5-17-34(36)42)39-25-28-24-29(22-23-30(28)37-26-38(37)39)44-40-20-10-8-14-31(40)32-15-9-11-21-41(32)44/h1-26H. The van der Waals surface area contributed by atoms with E-state index in [1.165, 1.54) is 93.2 Å². The van der Waals surface area contributed by atoms with Crippen LogP contribution in [0.4, 0.5) is 0 Å². The average molecular weight is 557 g/mol. The highest BCUT2D eigenvalue weighted by molar-refractivity contribution is 6.23. The maximum Gasteiger partial charge on any atom is 0.0541 e. The van der Waals surface area contributed by atoms with Crippen LogP contribution in [0.2, 0.25) is 0 Å². The smallest absolute Gasteiger partial charge is 0.0541 e. The fraction of sp³-hybridized carbons (Fsp3) is 0. The van der Waals surface area contributed by atoms with Crippen LogP contribution in [-0.4, -0.2) is 4.57 Å². The van der Waals surface area contributed by atoms with Gasteiger partial charge in [-0.2, -0.15) is 0 Å². The minimum Gasteiger partial charge on any atom is -0.309 e. The number of rotatable bonds is 3. The van der Waals surface area contributed by atoms with Gasteiger partial charge in [0.1, 0.15) is 0 Å². The molecule has 1 aliphatic carbocycles. The zero-order valence-electron chi connectivity index (χ0n) is 24.0. The largest absolute Gasteiger partial charge is 0.309 e. The Labute approximate surface area is 255 Å². The van der Waals surface area contributed by atoms with Gasteiger partial charge >= 0.3 is 0 Å². The molecule has 0 saturated carbocycles. The second kappa shape index (κ2) is 8.92. The topological polar surface area (TPSA) is 4.93 Å². The molecule has 0 atom stereocenters. The predicted octanol–water partition coefficient (Wildman–Crippen LogP) is 11.5. The van der Waals surface area contributed by atoms with Crippen molar-refractivity contribution in [2.45, 2.75) is 0 Å². The molecule has 8 aromatic carbocycles. The first-order valence-corrected chi connectivity index (χ1v) is 15.3. The number of hydrogen-bond acceptors (Lipinski definition) is 0. The van der Waals surface area contributed by atoms with E-state index in [-0.39, 0.29) is 0 Å². The lowest BCUT2D eigenvalue weighted by molar-refractivity contribution is 1.19. The molecule has 1 aliphatic rings. The summed E-state index contributed by atoms with van der Waals surface area (Å²) < 4.78 is 2.42. The van der Waals surface area contributed by atoms with Crippen molar-refractivity contribution in [2.75, 3.05) is 0 Å². The lowest BCUT2D eigenvalue weighted by atomic mass is 9.85. The third-order valence-electron chi connectivity index (χ3n) is 9.51. The second-order valence-electron chi connectivity index (χ2n) is 11.9. The number of para-hydroxylation sites is 2. The fourth-order valence-corrected chi connectivity index (χ4v) is 7.58. The van der Waals surface area contributed by atoms with E-state index in [9.17, 15) is 0 Å². The Hall–Kier alpha value is -5.66. The van der Waals surface area contributed by atoms with Crippen molar-refractivity contribution in [3.8, 4) is 27.9 Å². The van der Waals surface area contributed by atoms with Crippen molar-refractivity contribution in [3.05, 3.63) is 169 Å². The Morgan fingerprint density at radius 2 is 0.886 bits per heavy atom. The molecule has 0 saturated heterocycles. The number of fused-ring (bicyclic) bond motifs is 8. The number of aromatic nitrogens is 1. The molecule has 0 amide bonds. The molecule has 1 radical (unpaired) electrons. The van der Waals surface area contributed by atoms with E-state index >= 15 is 0 Å². The first kappa shape index (κ1) is 23.9. The van der Waals surface area contributed by atoms with Gasteiger partial charge in [-0.25, -0.2) is 0 Å². The lowest BCUT2D eigenvalue weighted by Crippen LogP contribution is -1.94. The molecular formula is C43H26N. The molecule has 44 heavy (non-hydrogen) atoms. The molecule has 0 N–H and O–H groups in total. The molecule has 9 aromatic rings. The van der Waals surface area contributed by atoms with Crippen molar-refractivity contribution in [1.82, 2.24) is 4.57 Å². The van der Waals surface area contributed by atoms with Crippen molar-refractivity contribution < 1.29 is 0 Å². The summed E-state index contributed by atoms with van der Waals surface area (Å²) in [5.74, 6) is 0. The average Bonchev–Trinajstić information content (AvgIpc) is 3.83. The highest BCUT2D eigenvalue weighted by Crippen LogP contribution is 2.51. The molecule has 10 rings (SSSR count). The number of nitrogens with zero attached hydrogens (tertiary/aromatic N) is 1. The molecular weight excluding hydrogens is 530 g/mol. The maximum atomic E-state index is 2.44. The number of benzene rings is 8. The lowest BCUT2D eigenvalue weighted by Gasteiger charge is -2.18. The van der Waals surface area contributed by atoms with E-state index < -0.39 is 0 Å². The van der Waals surface area contributed by atoms with Gasteiger partial charge in [0.15, 0.2) is 0 Å². The Morgan fingerprint density at radius 3 is 1.50 bits per heavy atom. The molecule has 0 bridgehead atoms. The third kappa shape index (κ3) is 3.30. The fourth-order valence-electron chi connectivity index (χ4n) is 7.58. The van der Waals surface area contributed by atoms with E-state index in [2.05, 4.69) is 163 Å². The van der Waals surface area contributed by atoms with Gasteiger partial charge in [-0.15, -0.1) is 0 Å². The van der Waals surface area contributed by atoms with Crippen molar-refractivity contribution in [3.63, 3.8) is 0 Å². The number of hydrogen-bond donors (Lipinski definition) is 0. The summed E-state index contributed by atoms with van der Waals surface area (Å²) in [6.45, 7) is 0. The van der Waals surface area contributed by atoms with Gasteiger partial charge in [0, 0.05) is 22.9 Å². The van der Waals surface area contributed by atoms with E-state index in [1.54, 1.807) is 0 Å². The van der Waals surface area contributed by atoms with Crippen LogP contribution in [0.1, 0.15) is 11.1 Å². The highest BCUT2D eigenvalue weighted by Gasteiger charge is 2.28. The van der Waals surface area contributed by atoms with Crippen molar-refractivity contribution >= 4 is 54.1 Å². The Morgan fingerprint density at radius 1 is 0.364 bits per heavy atom. The minimum atomic E-state index is 1.19. The van der Waals surface area contributed by atoms with Crippen LogP contribution in [0, 0.1) is 6.42 Å². The first-order chi connectivity index (χ1) is 21.8. The van der Waals surface area contributed by atoms with E-state index in [0.717, 1.165) is 0 Å². The van der Waals surface area contributed by atoms with E-state index in [4.69, 9.17) is 0 Å². The van der Waals surface area contributed by atoms with Gasteiger partial charge in [0.05, 0.1) is 11.0 Å². The minimum absolute atomic E-state index is 1.19. The van der Waals surface area contributed by atoms with Crippen LogP contribution in [0.15, 0.2) is 152 Å². The van der Waals surface area contributed by atoms with Crippen LogP contribution in [-0.2, 0) is 0 Å². The van der Waals surface area contributed by atoms with Gasteiger partial charge in [0.2, 0.25) is 0 Å². The highest BCUT2D eigenvalue weighted by atomic mass is 15.0. The Bertz CT molecular complexity index is 2510. The van der Waals surface area contributed by atoms with E-state index in [1.807, 2.05) is 0 Å². The Balaban J connectivity index is 1.27. The second-order valence-corrected chi connectivity index (χ2v) is 11.9. The molecule has 0 fully saturated rings. The summed E-state index contributed by atoms with van der Waals surface area (Å²) in [5.41, 5.74) is 11.6. The summed E-state index contributed by atoms with van der Waals surface area (Å²) in [6, 6.07) is 55.6. The monoisotopic (exact) mass is 556 g/mol. The molecule has 0 spiro atoms. The quantitative estimate of drug-likeness (QED) is 0.191. The van der Waals surface area contributed by atoms with Crippen molar-refractivity contribution in [1.29, 1.82) is 0 Å². The normalized spacial score (nSPS) is 12.5. The molecule has 1 heterocycles. The predicted molar refractivity (Wildman–Crippen MR) is 187 cm³/mol. The van der Waals surface area contributed by atoms with E-state index in [0.29, 0.717) is 0 Å². The first-order valence-electron chi connectivity index (χ1n) is 15.3. The van der Waals surface area contributed by atoms with Crippen LogP contribution in [0.25, 0.3) is 82.1 Å². The summed E-state index contributed by atoms with van der Waals surface area (Å²) in [5, 5.41) is 10.3. The zero-order valence-corrected chi connectivity index (χ0v) is 24.0. The zero-order chi connectivity index (χ0) is 28.8. The van der Waals surface area contributed by atoms with Crippen LogP contribution >= 0.6 is 0 Å². The van der Waals surface area contributed by atoms with Gasteiger partial charge in [-0.3, -0.25) is 0 Å². The molecule has 1 aromatic heterocycles. The SMILES string of the molecule is [CH]1c2c(-c3c4ccccc4c(-c4ccccc4)c4ccccc34)cc3cc(-n4c5ccccc5c5ccccc54)ccc3c21. The third-order valence-corrected chi connectivity index (χ3v) is 9.51. The summed E-state index contributed by atoms with van der Waals surface area (Å²) >= 11 is 0. The van der Waals surface area contributed by atoms with Crippen LogP contribution in [0.5, 0.6) is 0 Å². The van der Waals surface area contributed by atoms with Gasteiger partial charge in [-0.1, -0.05) is 121 Å². The maximum absolute atomic E-state index is 2.44. The summed E-state index contributed by atoms with van der Waals surface area (Å²) in [7, 11) is 0. The van der Waals surface area contributed by atoms with Gasteiger partial charge in [0.25, 0.3) is 0 Å². The molecule has 0 aliphatic heterocycles. The molecule has 1 heteroatoms. The van der Waals surface area contributed by atoms with Crippen LogP contribution in [0.3, 0.4) is 0 Å². The molecule has 0 unspecified atom stereocenters. The molecule has 203 valence electrons. The Kier molecular flexibility index (Phi) is 4.84. The summed E-state index contributed by atoms with van der Waals surface area (Å²) in [4.78, 5) is 0. The van der Waals surface area contributed by atoms with Crippen molar-refractivity contribution in [2.24, 2.45) is 0 Å². The molecule has 1 nitrogen and oxygen atoms in total. The summed E-state index contributed by atoms with van der Waals surface area (Å²) in [6.07, 6.45) is 2.37. The van der Waals surface area contributed by atoms with Gasteiger partial charge < -0.3 is 4.57 Å².